The highest BCUT2D eigenvalue weighted by atomic mass is 35.5. The zero-order valence-electron chi connectivity index (χ0n) is 19.6. The Kier molecular flexibility index (Phi) is 6.89. The fraction of sp³-hybridized carbons (Fsp3) is 0.148. The van der Waals surface area contributed by atoms with Gasteiger partial charge in [-0.05, 0) is 49.4 Å². The smallest absolute Gasteiger partial charge is 0.256 e. The fourth-order valence-corrected chi connectivity index (χ4v) is 3.95. The molecule has 4 aromatic rings. The van der Waals surface area contributed by atoms with Crippen LogP contribution >= 0.6 is 11.6 Å². The lowest BCUT2D eigenvalue weighted by Gasteiger charge is -2.15. The van der Waals surface area contributed by atoms with Gasteiger partial charge < -0.3 is 19.5 Å². The topological polar surface area (TPSA) is 86.8 Å². The van der Waals surface area contributed by atoms with Gasteiger partial charge in [0.2, 0.25) is 5.75 Å². The fourth-order valence-electron chi connectivity index (χ4n) is 3.78. The number of rotatable bonds is 7. The van der Waals surface area contributed by atoms with Gasteiger partial charge in [0, 0.05) is 27.2 Å². The van der Waals surface area contributed by atoms with Crippen LogP contribution in [0.25, 0.3) is 22.2 Å². The number of carbonyl (C=O) groups is 2. The van der Waals surface area contributed by atoms with Crippen LogP contribution in [0.2, 0.25) is 5.02 Å². The summed E-state index contributed by atoms with van der Waals surface area (Å²) in [5.74, 6) is 0.929. The van der Waals surface area contributed by atoms with Crippen molar-refractivity contribution >= 4 is 39.9 Å². The van der Waals surface area contributed by atoms with Crippen molar-refractivity contribution < 1.29 is 23.8 Å². The average molecular weight is 491 g/mol. The molecule has 0 unspecified atom stereocenters. The van der Waals surface area contributed by atoms with Crippen LogP contribution in [0.3, 0.4) is 0 Å². The molecule has 0 atom stereocenters. The van der Waals surface area contributed by atoms with Gasteiger partial charge in [0.1, 0.15) is 0 Å². The highest BCUT2D eigenvalue weighted by molar-refractivity contribution is 6.31. The SMILES string of the molecule is COc1cc(-c2cc(C(=O)Nc3cccc(C(C)=O)c3)c3ccc(Cl)cc3n2)cc(OC)c1OC. The number of amides is 1. The Labute approximate surface area is 207 Å². The van der Waals surface area contributed by atoms with Gasteiger partial charge in [-0.3, -0.25) is 9.59 Å². The summed E-state index contributed by atoms with van der Waals surface area (Å²) in [6.45, 7) is 1.48. The number of nitrogens with one attached hydrogen (secondary N) is 1. The molecule has 0 bridgehead atoms. The number of fused-ring (bicyclic) bond motifs is 1. The van der Waals surface area contributed by atoms with Crippen molar-refractivity contribution in [1.29, 1.82) is 0 Å². The van der Waals surface area contributed by atoms with Crippen molar-refractivity contribution in [1.82, 2.24) is 4.98 Å². The van der Waals surface area contributed by atoms with Crippen LogP contribution < -0.4 is 19.5 Å². The highest BCUT2D eigenvalue weighted by Gasteiger charge is 2.19. The van der Waals surface area contributed by atoms with Crippen LogP contribution in [0, 0.1) is 0 Å². The van der Waals surface area contributed by atoms with Crippen LogP contribution in [0.4, 0.5) is 5.69 Å². The lowest BCUT2D eigenvalue weighted by Crippen LogP contribution is -2.13. The first-order valence-electron chi connectivity index (χ1n) is 10.7. The van der Waals surface area contributed by atoms with Gasteiger partial charge in [-0.15, -0.1) is 0 Å². The molecule has 1 N–H and O–H groups in total. The van der Waals surface area contributed by atoms with E-state index in [1.165, 1.54) is 28.3 Å². The lowest BCUT2D eigenvalue weighted by atomic mass is 10.0. The third-order valence-corrected chi connectivity index (χ3v) is 5.74. The number of aromatic nitrogens is 1. The molecule has 8 heteroatoms. The van der Waals surface area contributed by atoms with Crippen molar-refractivity contribution in [3.8, 4) is 28.5 Å². The Morgan fingerprint density at radius 3 is 2.23 bits per heavy atom. The standard InChI is InChI=1S/C27H23ClN2O5/c1-15(31)16-6-5-7-19(10-16)29-27(32)21-14-22(30-23-13-18(28)8-9-20(21)23)17-11-24(33-2)26(35-4)25(12-17)34-3/h5-14H,1-4H3,(H,29,32). The molecule has 0 aliphatic heterocycles. The summed E-state index contributed by atoms with van der Waals surface area (Å²) < 4.78 is 16.4. The molecule has 7 nitrogen and oxygen atoms in total. The summed E-state index contributed by atoms with van der Waals surface area (Å²) in [5.41, 5.74) is 3.13. The Hall–Kier alpha value is -4.10. The Morgan fingerprint density at radius 1 is 0.886 bits per heavy atom. The Bertz CT molecular complexity index is 1430. The number of pyridine rings is 1. The van der Waals surface area contributed by atoms with Crippen LogP contribution in [0.1, 0.15) is 27.6 Å². The molecule has 1 amide bonds. The van der Waals surface area contributed by atoms with E-state index in [2.05, 4.69) is 5.32 Å². The Balaban J connectivity index is 1.86. The van der Waals surface area contributed by atoms with Gasteiger partial charge in [0.25, 0.3) is 5.91 Å². The molecule has 35 heavy (non-hydrogen) atoms. The maximum absolute atomic E-state index is 13.4. The van der Waals surface area contributed by atoms with Crippen molar-refractivity contribution in [2.45, 2.75) is 6.92 Å². The molecule has 1 heterocycles. The lowest BCUT2D eigenvalue weighted by molar-refractivity contribution is 0.101. The summed E-state index contributed by atoms with van der Waals surface area (Å²) in [6, 6.07) is 17.2. The third-order valence-electron chi connectivity index (χ3n) is 5.50. The van der Waals surface area contributed by atoms with E-state index in [1.807, 2.05) is 0 Å². The molecular weight excluding hydrogens is 468 g/mol. The molecule has 3 aromatic carbocycles. The van der Waals surface area contributed by atoms with Crippen LogP contribution in [-0.4, -0.2) is 38.0 Å². The minimum absolute atomic E-state index is 0.0882. The number of nitrogens with zero attached hydrogens (tertiary/aromatic N) is 1. The summed E-state index contributed by atoms with van der Waals surface area (Å²) in [6.07, 6.45) is 0. The molecule has 0 aliphatic carbocycles. The van der Waals surface area contributed by atoms with Gasteiger partial charge in [-0.2, -0.15) is 0 Å². The van der Waals surface area contributed by atoms with Gasteiger partial charge in [-0.25, -0.2) is 4.98 Å². The number of halogens is 1. The van der Waals surface area contributed by atoms with Crippen molar-refractivity contribution in [2.75, 3.05) is 26.6 Å². The van der Waals surface area contributed by atoms with Crippen LogP contribution in [0.5, 0.6) is 17.2 Å². The van der Waals surface area contributed by atoms with E-state index < -0.39 is 0 Å². The summed E-state index contributed by atoms with van der Waals surface area (Å²) >= 11 is 6.23. The first kappa shape index (κ1) is 24.0. The molecular formula is C27H23ClN2O5. The van der Waals surface area contributed by atoms with Gasteiger partial charge in [0.15, 0.2) is 17.3 Å². The first-order chi connectivity index (χ1) is 16.8. The van der Waals surface area contributed by atoms with Gasteiger partial charge in [-0.1, -0.05) is 29.8 Å². The van der Waals surface area contributed by atoms with Crippen LogP contribution in [-0.2, 0) is 0 Å². The van der Waals surface area contributed by atoms with E-state index in [0.717, 1.165) is 0 Å². The first-order valence-corrected chi connectivity index (χ1v) is 11.1. The highest BCUT2D eigenvalue weighted by Crippen LogP contribution is 2.41. The number of carbonyl (C=O) groups excluding carboxylic acids is 2. The van der Waals surface area contributed by atoms with Gasteiger partial charge in [0.05, 0.1) is 38.1 Å². The molecule has 0 aliphatic rings. The Morgan fingerprint density at radius 2 is 1.60 bits per heavy atom. The second-order valence-electron chi connectivity index (χ2n) is 7.72. The maximum Gasteiger partial charge on any atom is 0.256 e. The molecule has 1 aromatic heterocycles. The molecule has 178 valence electrons. The summed E-state index contributed by atoms with van der Waals surface area (Å²) in [5, 5.41) is 4.00. The molecule has 0 spiro atoms. The maximum atomic E-state index is 13.4. The monoisotopic (exact) mass is 490 g/mol. The van der Waals surface area contributed by atoms with Gasteiger partial charge >= 0.3 is 0 Å². The minimum Gasteiger partial charge on any atom is -0.493 e. The van der Waals surface area contributed by atoms with E-state index >= 15 is 0 Å². The van der Waals surface area contributed by atoms with Crippen molar-refractivity contribution in [3.05, 3.63) is 76.8 Å². The molecule has 0 saturated heterocycles. The normalized spacial score (nSPS) is 10.7. The number of methoxy groups -OCH3 is 3. The van der Waals surface area contributed by atoms with E-state index in [0.29, 0.717) is 61.2 Å². The van der Waals surface area contributed by atoms with E-state index in [1.54, 1.807) is 60.7 Å². The van der Waals surface area contributed by atoms with E-state index in [4.69, 9.17) is 30.8 Å². The second-order valence-corrected chi connectivity index (χ2v) is 8.16. The minimum atomic E-state index is -0.353. The predicted octanol–water partition coefficient (Wildman–Crippen LogP) is 6.04. The quantitative estimate of drug-likeness (QED) is 0.318. The number of ether oxygens (including phenoxy) is 3. The summed E-state index contributed by atoms with van der Waals surface area (Å²) in [7, 11) is 4.59. The van der Waals surface area contributed by atoms with Crippen LogP contribution in [0.15, 0.2) is 60.7 Å². The molecule has 0 saturated carbocycles. The largest absolute Gasteiger partial charge is 0.493 e. The third kappa shape index (κ3) is 4.90. The molecule has 0 fully saturated rings. The number of ketones is 1. The second kappa shape index (κ2) is 10.0. The zero-order valence-corrected chi connectivity index (χ0v) is 20.4. The number of hydrogen-bond acceptors (Lipinski definition) is 6. The van der Waals surface area contributed by atoms with E-state index in [9.17, 15) is 9.59 Å². The number of hydrogen-bond donors (Lipinski definition) is 1. The van der Waals surface area contributed by atoms with Crippen molar-refractivity contribution in [2.24, 2.45) is 0 Å². The molecule has 4 rings (SSSR count). The number of benzene rings is 3. The number of anilines is 1. The number of Topliss-reactive ketones (excluding diaryl/α,β-unsaturated/α-hetero) is 1. The van der Waals surface area contributed by atoms with Crippen molar-refractivity contribution in [3.63, 3.8) is 0 Å². The summed E-state index contributed by atoms with van der Waals surface area (Å²) in [4.78, 5) is 29.9. The van der Waals surface area contributed by atoms with E-state index in [-0.39, 0.29) is 11.7 Å². The predicted molar refractivity (Wildman–Crippen MR) is 136 cm³/mol. The zero-order chi connectivity index (χ0) is 25.1. The molecule has 0 radical (unpaired) electrons. The average Bonchev–Trinajstić information content (AvgIpc) is 2.86.